The molecule has 0 spiro atoms. The molecule has 0 aliphatic rings. The summed E-state index contributed by atoms with van der Waals surface area (Å²) < 4.78 is 257. The van der Waals surface area contributed by atoms with Crippen molar-refractivity contribution >= 4 is 0 Å². The summed E-state index contributed by atoms with van der Waals surface area (Å²) in [5.74, 6) is -63.7. The van der Waals surface area contributed by atoms with Crippen LogP contribution in [-0.4, -0.2) is 0 Å². The van der Waals surface area contributed by atoms with Crippen molar-refractivity contribution in [2.24, 2.45) is 0 Å². The Morgan fingerprint density at radius 1 is 0.194 bits per heavy atom. The van der Waals surface area contributed by atoms with Gasteiger partial charge in [-0.15, -0.1) is 0 Å². The van der Waals surface area contributed by atoms with Crippen molar-refractivity contribution in [2.45, 2.75) is 0 Å². The smallest absolute Gasteiger partial charge is 0.210 e. The molecule has 5 aromatic carbocycles. The van der Waals surface area contributed by atoms with Crippen molar-refractivity contribution in [2.75, 3.05) is 0 Å². The zero-order valence-electron chi connectivity index (χ0n) is 28.4. The molecular weight excluding hydrogens is 884 g/mol. The highest BCUT2D eigenvalue weighted by molar-refractivity contribution is 5.61. The lowest BCUT2D eigenvalue weighted by Crippen LogP contribution is -2.10. The zero-order valence-corrected chi connectivity index (χ0v) is 28.4. The first-order chi connectivity index (χ1) is 29.2. The summed E-state index contributed by atoms with van der Waals surface area (Å²) in [6, 6.07) is 5.12. The zero-order chi connectivity index (χ0) is 46.4. The molecule has 0 N–H and O–H groups in total. The fourth-order valence-corrected chi connectivity index (χ4v) is 4.86. The van der Waals surface area contributed by atoms with Gasteiger partial charge in [0.15, 0.2) is 34.9 Å². The molecule has 0 radical (unpaired) electrons. The van der Waals surface area contributed by atoms with E-state index in [0.29, 0.717) is 0 Å². The number of hydrogen-bond donors (Lipinski definition) is 0. The van der Waals surface area contributed by atoms with Gasteiger partial charge in [0.1, 0.15) is 69.8 Å². The summed E-state index contributed by atoms with van der Waals surface area (Å²) in [6.07, 6.45) is 0. The van der Waals surface area contributed by atoms with Crippen LogP contribution in [0.25, 0.3) is 0 Å². The SMILES string of the molecule is N#Cc1c(F)c(F)c(Oc2c(F)c(F)c(Oc3c(F)c(C#N)c(C#N)c(F)c3Oc3c(F)c(F)c(Oc4c(F)c(F)c(C#N)c(C#N)c4F)c(F)c3F)c(F)c2F)c(F)c1C#N. The van der Waals surface area contributed by atoms with Gasteiger partial charge < -0.3 is 18.9 Å². The molecule has 310 valence electrons. The van der Waals surface area contributed by atoms with Crippen LogP contribution in [0.5, 0.6) is 46.0 Å². The van der Waals surface area contributed by atoms with Gasteiger partial charge in [0.05, 0.1) is 0 Å². The molecule has 0 amide bonds. The van der Waals surface area contributed by atoms with Gasteiger partial charge in [0.25, 0.3) is 0 Å². The summed E-state index contributed by atoms with van der Waals surface area (Å²) in [5.41, 5.74) is -10.2. The standard InChI is InChI=1S/C36F16N6O4/c37-13-7(1-53)9(3-55)15(39)29(19(13)43)59-31-21(45)25(49)33(26(50)22(31)46)61-35-17(41)11(5-57)12(6-58)18(42)36(35)62-34-27(51)23(47)32(24(48)28(34)52)60-30-16(40)10(4-56)8(2-54)14(38)20(30)44. The minimum Gasteiger partial charge on any atom is -0.445 e. The van der Waals surface area contributed by atoms with E-state index >= 15 is 43.9 Å². The van der Waals surface area contributed by atoms with Gasteiger partial charge in [-0.05, 0) is 0 Å². The Morgan fingerprint density at radius 3 is 0.516 bits per heavy atom. The fraction of sp³-hybridized carbons (Fsp3) is 0. The number of ether oxygens (including phenoxy) is 4. The summed E-state index contributed by atoms with van der Waals surface area (Å²) in [6.45, 7) is 0. The topological polar surface area (TPSA) is 180 Å². The maximum absolute atomic E-state index is 15.7. The molecule has 0 bridgehead atoms. The van der Waals surface area contributed by atoms with E-state index in [1.807, 2.05) is 0 Å². The molecule has 0 aliphatic carbocycles. The number of nitriles is 6. The second-order valence-electron chi connectivity index (χ2n) is 11.0. The van der Waals surface area contributed by atoms with Crippen LogP contribution >= 0.6 is 0 Å². The fourth-order valence-electron chi connectivity index (χ4n) is 4.86. The van der Waals surface area contributed by atoms with Crippen molar-refractivity contribution in [3.05, 3.63) is 126 Å². The molecule has 0 heterocycles. The van der Waals surface area contributed by atoms with Crippen LogP contribution < -0.4 is 18.9 Å². The Bertz CT molecular complexity index is 2870. The van der Waals surface area contributed by atoms with E-state index in [9.17, 15) is 36.9 Å². The van der Waals surface area contributed by atoms with Gasteiger partial charge in [-0.3, -0.25) is 0 Å². The van der Waals surface area contributed by atoms with Crippen LogP contribution in [0.3, 0.4) is 0 Å². The first-order valence-electron chi connectivity index (χ1n) is 15.0. The third-order valence-corrected chi connectivity index (χ3v) is 7.71. The van der Waals surface area contributed by atoms with Gasteiger partial charge in [0, 0.05) is 0 Å². The van der Waals surface area contributed by atoms with Gasteiger partial charge in [-0.2, -0.15) is 75.5 Å². The predicted octanol–water partition coefficient (Wildman–Crippen LogP) is 10.3. The van der Waals surface area contributed by atoms with Crippen LogP contribution in [0.1, 0.15) is 33.4 Å². The molecule has 26 heteroatoms. The molecule has 5 rings (SSSR count). The highest BCUT2D eigenvalue weighted by atomic mass is 19.2. The van der Waals surface area contributed by atoms with Crippen molar-refractivity contribution in [1.82, 2.24) is 0 Å². The second kappa shape index (κ2) is 16.4. The average molecular weight is 884 g/mol. The van der Waals surface area contributed by atoms with Crippen LogP contribution in [0.4, 0.5) is 70.2 Å². The predicted molar refractivity (Wildman–Crippen MR) is 160 cm³/mol. The Labute approximate surface area is 329 Å². The number of nitrogens with zero attached hydrogens (tertiary/aromatic N) is 6. The normalized spacial score (nSPS) is 10.5. The van der Waals surface area contributed by atoms with Crippen molar-refractivity contribution in [3.8, 4) is 82.4 Å². The molecular formula is C36F16N6O4. The molecule has 0 aromatic heterocycles. The highest BCUT2D eigenvalue weighted by Crippen LogP contribution is 2.48. The second-order valence-corrected chi connectivity index (χ2v) is 11.0. The molecule has 0 unspecified atom stereocenters. The first kappa shape index (κ1) is 44.2. The number of halogens is 16. The third kappa shape index (κ3) is 6.63. The van der Waals surface area contributed by atoms with Gasteiger partial charge in [-0.25, -0.2) is 26.3 Å². The summed E-state index contributed by atoms with van der Waals surface area (Å²) in [5, 5.41) is 54.4. The van der Waals surface area contributed by atoms with Crippen molar-refractivity contribution in [1.29, 1.82) is 31.6 Å². The monoisotopic (exact) mass is 884 g/mol. The molecule has 0 fully saturated rings. The minimum absolute atomic E-state index is 0.810. The van der Waals surface area contributed by atoms with Crippen LogP contribution in [0.15, 0.2) is 0 Å². The minimum atomic E-state index is -3.00. The Kier molecular flexibility index (Phi) is 11.7. The van der Waals surface area contributed by atoms with Gasteiger partial charge in [0.2, 0.25) is 104 Å². The Hall–Kier alpha value is -8.88. The van der Waals surface area contributed by atoms with E-state index in [4.69, 9.17) is 21.0 Å². The first-order valence-corrected chi connectivity index (χ1v) is 15.0. The van der Waals surface area contributed by atoms with Gasteiger partial charge in [-0.1, -0.05) is 0 Å². The quantitative estimate of drug-likeness (QED) is 0.107. The van der Waals surface area contributed by atoms with E-state index in [0.717, 1.165) is 36.4 Å². The largest absolute Gasteiger partial charge is 0.445 e. The molecule has 0 saturated carbocycles. The molecule has 0 aliphatic heterocycles. The third-order valence-electron chi connectivity index (χ3n) is 7.71. The molecule has 5 aromatic rings. The van der Waals surface area contributed by atoms with Gasteiger partial charge >= 0.3 is 0 Å². The van der Waals surface area contributed by atoms with Crippen molar-refractivity contribution in [3.63, 3.8) is 0 Å². The van der Waals surface area contributed by atoms with Crippen LogP contribution in [-0.2, 0) is 0 Å². The van der Waals surface area contributed by atoms with Crippen molar-refractivity contribution < 1.29 is 89.2 Å². The van der Waals surface area contributed by atoms with E-state index in [1.54, 1.807) is 0 Å². The highest BCUT2D eigenvalue weighted by Gasteiger charge is 2.38. The van der Waals surface area contributed by atoms with Crippen LogP contribution in [0, 0.1) is 161 Å². The molecule has 0 atom stereocenters. The maximum Gasteiger partial charge on any atom is 0.210 e. The summed E-state index contributed by atoms with van der Waals surface area (Å²) >= 11 is 0. The van der Waals surface area contributed by atoms with Crippen LogP contribution in [0.2, 0.25) is 0 Å². The number of hydrogen-bond acceptors (Lipinski definition) is 10. The Morgan fingerprint density at radius 2 is 0.323 bits per heavy atom. The Balaban J connectivity index is 1.70. The summed E-state index contributed by atoms with van der Waals surface area (Å²) in [7, 11) is 0. The molecule has 62 heavy (non-hydrogen) atoms. The number of rotatable bonds is 8. The molecule has 0 saturated heterocycles. The van der Waals surface area contributed by atoms with E-state index in [1.165, 1.54) is 0 Å². The van der Waals surface area contributed by atoms with E-state index in [-0.39, 0.29) is 0 Å². The molecule has 10 nitrogen and oxygen atoms in total. The lowest BCUT2D eigenvalue weighted by molar-refractivity contribution is 0.292. The van der Waals surface area contributed by atoms with E-state index < -0.39 is 172 Å². The lowest BCUT2D eigenvalue weighted by Gasteiger charge is -2.19. The maximum atomic E-state index is 15.7. The van der Waals surface area contributed by atoms with E-state index in [2.05, 4.69) is 18.9 Å². The average Bonchev–Trinajstić information content (AvgIpc) is 3.25. The lowest BCUT2D eigenvalue weighted by atomic mass is 10.1. The summed E-state index contributed by atoms with van der Waals surface area (Å²) in [4.78, 5) is 0. The number of benzene rings is 5.